The van der Waals surface area contributed by atoms with Gasteiger partial charge in [-0.2, -0.15) is 0 Å². The van der Waals surface area contributed by atoms with E-state index >= 15 is 0 Å². The van der Waals surface area contributed by atoms with Crippen molar-refractivity contribution in [3.05, 3.63) is 29.6 Å². The molecule has 1 rings (SSSR count). The van der Waals surface area contributed by atoms with Gasteiger partial charge in [0.1, 0.15) is 5.82 Å². The number of ether oxygens (including phenoxy) is 1. The third-order valence-electron chi connectivity index (χ3n) is 2.24. The molecular weight excluding hydrogens is 277 g/mol. The maximum Gasteiger partial charge on any atom is 0.319 e. The van der Waals surface area contributed by atoms with Gasteiger partial charge in [-0.15, -0.1) is 0 Å². The molecule has 0 aliphatic carbocycles. The summed E-state index contributed by atoms with van der Waals surface area (Å²) in [6, 6.07) is 0.180. The van der Waals surface area contributed by atoms with Crippen molar-refractivity contribution in [3.8, 4) is 0 Å². The first-order valence-corrected chi connectivity index (χ1v) is 5.92. The highest BCUT2D eigenvalue weighted by atomic mass is 19.2. The largest absolute Gasteiger partial charge is 0.394 e. The zero-order valence-corrected chi connectivity index (χ0v) is 10.6. The number of rotatable bonds is 7. The smallest absolute Gasteiger partial charge is 0.319 e. The van der Waals surface area contributed by atoms with Gasteiger partial charge in [-0.25, -0.2) is 18.0 Å². The maximum absolute atomic E-state index is 13.2. The molecule has 20 heavy (non-hydrogen) atoms. The first kappa shape index (κ1) is 16.3. The zero-order valence-electron chi connectivity index (χ0n) is 10.6. The van der Waals surface area contributed by atoms with Gasteiger partial charge in [-0.1, -0.05) is 0 Å². The quantitative estimate of drug-likeness (QED) is 0.528. The van der Waals surface area contributed by atoms with Crippen molar-refractivity contribution in [1.82, 2.24) is 5.32 Å². The molecule has 0 aliphatic rings. The molecule has 0 fully saturated rings. The van der Waals surface area contributed by atoms with Gasteiger partial charge in [0.2, 0.25) is 0 Å². The number of halogens is 3. The summed E-state index contributed by atoms with van der Waals surface area (Å²) < 4.78 is 43.7. The third-order valence-corrected chi connectivity index (χ3v) is 2.24. The van der Waals surface area contributed by atoms with E-state index in [1.54, 1.807) is 0 Å². The number of nitrogens with one attached hydrogen (secondary N) is 2. The predicted molar refractivity (Wildman–Crippen MR) is 65.9 cm³/mol. The number of hydrogen-bond donors (Lipinski definition) is 3. The average molecular weight is 292 g/mol. The number of benzene rings is 1. The van der Waals surface area contributed by atoms with Crippen LogP contribution in [0.1, 0.15) is 6.42 Å². The number of aliphatic hydroxyl groups excluding tert-OH is 1. The van der Waals surface area contributed by atoms with Gasteiger partial charge < -0.3 is 20.5 Å². The molecule has 0 atom stereocenters. The number of urea groups is 1. The Morgan fingerprint density at radius 1 is 1.15 bits per heavy atom. The van der Waals surface area contributed by atoms with Gasteiger partial charge in [0.25, 0.3) is 0 Å². The van der Waals surface area contributed by atoms with E-state index in [-0.39, 0.29) is 19.8 Å². The Kier molecular flexibility index (Phi) is 6.82. The van der Waals surface area contributed by atoms with Gasteiger partial charge in [-0.3, -0.25) is 0 Å². The minimum absolute atomic E-state index is 0.0800. The average Bonchev–Trinajstić information content (AvgIpc) is 2.40. The summed E-state index contributed by atoms with van der Waals surface area (Å²) in [6.45, 7) is 0.735. The summed E-state index contributed by atoms with van der Waals surface area (Å²) in [5, 5.41) is 12.9. The summed E-state index contributed by atoms with van der Waals surface area (Å²) in [5.41, 5.74) is -0.446. The highest BCUT2D eigenvalue weighted by Gasteiger charge is 2.11. The highest BCUT2D eigenvalue weighted by Crippen LogP contribution is 2.18. The van der Waals surface area contributed by atoms with E-state index < -0.39 is 29.2 Å². The Morgan fingerprint density at radius 2 is 1.85 bits per heavy atom. The van der Waals surface area contributed by atoms with E-state index in [1.807, 2.05) is 0 Å². The van der Waals surface area contributed by atoms with E-state index in [2.05, 4.69) is 10.6 Å². The molecule has 0 unspecified atom stereocenters. The van der Waals surface area contributed by atoms with Crippen LogP contribution in [0.3, 0.4) is 0 Å². The molecule has 0 aliphatic heterocycles. The van der Waals surface area contributed by atoms with E-state index in [1.165, 1.54) is 0 Å². The summed E-state index contributed by atoms with van der Waals surface area (Å²) in [5.74, 6) is -3.64. The zero-order chi connectivity index (χ0) is 15.0. The van der Waals surface area contributed by atoms with Crippen molar-refractivity contribution in [2.24, 2.45) is 0 Å². The summed E-state index contributed by atoms with van der Waals surface area (Å²) in [4.78, 5) is 11.4. The molecule has 2 amide bonds. The molecule has 8 heteroatoms. The first-order chi connectivity index (χ1) is 9.54. The predicted octanol–water partition coefficient (Wildman–Crippen LogP) is 1.62. The molecular formula is C12H15F3N2O3. The normalized spacial score (nSPS) is 10.4. The van der Waals surface area contributed by atoms with Crippen LogP contribution in [0.4, 0.5) is 23.7 Å². The molecule has 0 spiro atoms. The molecule has 0 saturated heterocycles. The second-order valence-corrected chi connectivity index (χ2v) is 3.82. The Hall–Kier alpha value is -1.80. The fourth-order valence-electron chi connectivity index (χ4n) is 1.33. The van der Waals surface area contributed by atoms with Gasteiger partial charge in [0.05, 0.1) is 18.9 Å². The van der Waals surface area contributed by atoms with Crippen LogP contribution < -0.4 is 10.6 Å². The highest BCUT2D eigenvalue weighted by molar-refractivity contribution is 5.89. The fourth-order valence-corrected chi connectivity index (χ4v) is 1.33. The number of carbonyl (C=O) groups is 1. The Balaban J connectivity index is 2.34. The number of carbonyl (C=O) groups excluding carboxylic acids is 1. The van der Waals surface area contributed by atoms with Crippen LogP contribution in [-0.2, 0) is 4.74 Å². The number of amides is 2. The lowest BCUT2D eigenvalue weighted by Crippen LogP contribution is -2.30. The lowest BCUT2D eigenvalue weighted by Gasteiger charge is -2.09. The molecule has 1 aromatic rings. The molecule has 0 aromatic heterocycles. The monoisotopic (exact) mass is 292 g/mol. The fraction of sp³-hybridized carbons (Fsp3) is 0.417. The van der Waals surface area contributed by atoms with Crippen LogP contribution >= 0.6 is 0 Å². The van der Waals surface area contributed by atoms with Crippen LogP contribution in [-0.4, -0.2) is 37.5 Å². The Morgan fingerprint density at radius 3 is 2.55 bits per heavy atom. The molecule has 5 nitrogen and oxygen atoms in total. The van der Waals surface area contributed by atoms with Crippen molar-refractivity contribution in [2.75, 3.05) is 31.7 Å². The van der Waals surface area contributed by atoms with Crippen molar-refractivity contribution in [2.45, 2.75) is 6.42 Å². The number of anilines is 1. The van der Waals surface area contributed by atoms with Crippen LogP contribution in [0.2, 0.25) is 0 Å². The molecule has 1 aromatic carbocycles. The minimum atomic E-state index is -1.32. The Bertz CT molecular complexity index is 458. The second kappa shape index (κ2) is 8.39. The van der Waals surface area contributed by atoms with Crippen molar-refractivity contribution in [3.63, 3.8) is 0 Å². The number of aliphatic hydroxyl groups is 1. The molecule has 0 bridgehead atoms. The van der Waals surface area contributed by atoms with Crippen molar-refractivity contribution >= 4 is 11.7 Å². The third kappa shape index (κ3) is 5.45. The van der Waals surface area contributed by atoms with Crippen molar-refractivity contribution in [1.29, 1.82) is 0 Å². The molecule has 112 valence electrons. The number of hydrogen-bond acceptors (Lipinski definition) is 3. The summed E-state index contributed by atoms with van der Waals surface area (Å²) >= 11 is 0. The van der Waals surface area contributed by atoms with E-state index in [0.717, 1.165) is 0 Å². The van der Waals surface area contributed by atoms with E-state index in [4.69, 9.17) is 9.84 Å². The Labute approximate surface area is 113 Å². The molecule has 0 heterocycles. The maximum atomic E-state index is 13.2. The van der Waals surface area contributed by atoms with Crippen LogP contribution in [0.25, 0.3) is 0 Å². The lowest BCUT2D eigenvalue weighted by atomic mass is 10.3. The van der Waals surface area contributed by atoms with Gasteiger partial charge >= 0.3 is 6.03 Å². The molecule has 3 N–H and O–H groups in total. The lowest BCUT2D eigenvalue weighted by molar-refractivity contribution is 0.0910. The van der Waals surface area contributed by atoms with Gasteiger partial charge in [0.15, 0.2) is 11.6 Å². The summed E-state index contributed by atoms with van der Waals surface area (Å²) in [7, 11) is 0. The molecule has 0 radical (unpaired) electrons. The van der Waals surface area contributed by atoms with Crippen molar-refractivity contribution < 1.29 is 27.8 Å². The van der Waals surface area contributed by atoms with E-state index in [0.29, 0.717) is 25.2 Å². The van der Waals surface area contributed by atoms with Gasteiger partial charge in [-0.05, 0) is 6.42 Å². The topological polar surface area (TPSA) is 70.6 Å². The standard InChI is InChI=1S/C12H15F3N2O3/c13-8-6-10(15)11(7-9(8)14)17-12(19)16-2-1-4-20-5-3-18/h6-7,18H,1-5H2,(H2,16,17,19). The van der Waals surface area contributed by atoms with Gasteiger partial charge in [0, 0.05) is 25.3 Å². The van der Waals surface area contributed by atoms with E-state index in [9.17, 15) is 18.0 Å². The second-order valence-electron chi connectivity index (χ2n) is 3.82. The minimum Gasteiger partial charge on any atom is -0.394 e. The first-order valence-electron chi connectivity index (χ1n) is 5.92. The SMILES string of the molecule is O=C(NCCCOCCO)Nc1cc(F)c(F)cc1F. The van der Waals surface area contributed by atoms with Crippen LogP contribution in [0, 0.1) is 17.5 Å². The summed E-state index contributed by atoms with van der Waals surface area (Å²) in [6.07, 6.45) is 0.494. The van der Waals surface area contributed by atoms with Crippen LogP contribution in [0.15, 0.2) is 12.1 Å². The molecule has 0 saturated carbocycles. The van der Waals surface area contributed by atoms with Crippen LogP contribution in [0.5, 0.6) is 0 Å².